The monoisotopic (exact) mass is 341 g/mol. The van der Waals surface area contributed by atoms with Crippen LogP contribution in [0.5, 0.6) is 0 Å². The SMILES string of the molecule is CN(Cc1ccc(F)cc1)c1nc(C(=O)Nc2ccccc2)cs1. The molecule has 0 saturated heterocycles. The van der Waals surface area contributed by atoms with Crippen molar-refractivity contribution in [3.05, 3.63) is 77.1 Å². The van der Waals surface area contributed by atoms with E-state index in [1.54, 1.807) is 17.5 Å². The number of hydrogen-bond acceptors (Lipinski definition) is 4. The molecule has 4 nitrogen and oxygen atoms in total. The Morgan fingerprint density at radius 2 is 1.88 bits per heavy atom. The number of benzene rings is 2. The van der Waals surface area contributed by atoms with Crippen molar-refractivity contribution in [1.82, 2.24) is 4.98 Å². The Morgan fingerprint density at radius 3 is 2.58 bits per heavy atom. The van der Waals surface area contributed by atoms with Gasteiger partial charge in [0.05, 0.1) is 0 Å². The van der Waals surface area contributed by atoms with E-state index in [4.69, 9.17) is 0 Å². The number of hydrogen-bond donors (Lipinski definition) is 1. The molecule has 1 N–H and O–H groups in total. The minimum Gasteiger partial charge on any atom is -0.347 e. The average molecular weight is 341 g/mol. The highest BCUT2D eigenvalue weighted by atomic mass is 32.1. The maximum Gasteiger partial charge on any atom is 0.275 e. The van der Waals surface area contributed by atoms with E-state index in [-0.39, 0.29) is 11.7 Å². The number of thiazole rings is 1. The van der Waals surface area contributed by atoms with E-state index in [0.717, 1.165) is 16.4 Å². The summed E-state index contributed by atoms with van der Waals surface area (Å²) < 4.78 is 12.9. The van der Waals surface area contributed by atoms with Crippen LogP contribution in [-0.2, 0) is 6.54 Å². The first-order valence-corrected chi connectivity index (χ1v) is 8.27. The molecule has 0 unspecified atom stereocenters. The van der Waals surface area contributed by atoms with E-state index in [2.05, 4.69) is 10.3 Å². The van der Waals surface area contributed by atoms with Crippen LogP contribution in [0, 0.1) is 5.82 Å². The fraction of sp³-hybridized carbons (Fsp3) is 0.111. The van der Waals surface area contributed by atoms with E-state index in [9.17, 15) is 9.18 Å². The predicted octanol–water partition coefficient (Wildman–Crippen LogP) is 4.17. The Labute approximate surface area is 143 Å². The number of halogens is 1. The molecule has 0 aliphatic heterocycles. The van der Waals surface area contributed by atoms with Gasteiger partial charge >= 0.3 is 0 Å². The predicted molar refractivity (Wildman–Crippen MR) is 95.0 cm³/mol. The minimum atomic E-state index is -0.254. The molecule has 1 amide bonds. The van der Waals surface area contributed by atoms with E-state index in [0.29, 0.717) is 12.2 Å². The quantitative estimate of drug-likeness (QED) is 0.757. The normalized spacial score (nSPS) is 10.4. The molecule has 122 valence electrons. The second-order valence-corrected chi connectivity index (χ2v) is 6.15. The van der Waals surface area contributed by atoms with Crippen molar-refractivity contribution in [1.29, 1.82) is 0 Å². The van der Waals surface area contributed by atoms with Crippen molar-refractivity contribution in [3.8, 4) is 0 Å². The van der Waals surface area contributed by atoms with Gasteiger partial charge in [-0.3, -0.25) is 4.79 Å². The number of rotatable bonds is 5. The first-order chi connectivity index (χ1) is 11.6. The van der Waals surface area contributed by atoms with Crippen molar-refractivity contribution in [3.63, 3.8) is 0 Å². The van der Waals surface area contributed by atoms with Crippen LogP contribution in [0.15, 0.2) is 60.0 Å². The number of carbonyl (C=O) groups is 1. The van der Waals surface area contributed by atoms with Crippen LogP contribution in [0.3, 0.4) is 0 Å². The molecule has 0 radical (unpaired) electrons. The summed E-state index contributed by atoms with van der Waals surface area (Å²) in [6.07, 6.45) is 0. The first kappa shape index (κ1) is 16.1. The van der Waals surface area contributed by atoms with Gasteiger partial charge in [0.2, 0.25) is 0 Å². The summed E-state index contributed by atoms with van der Waals surface area (Å²) in [6.45, 7) is 0.591. The van der Waals surface area contributed by atoms with Gasteiger partial charge in [0.25, 0.3) is 5.91 Å². The highest BCUT2D eigenvalue weighted by molar-refractivity contribution is 7.13. The van der Waals surface area contributed by atoms with Crippen molar-refractivity contribution in [2.24, 2.45) is 0 Å². The van der Waals surface area contributed by atoms with E-state index in [1.165, 1.54) is 23.5 Å². The van der Waals surface area contributed by atoms with Crippen LogP contribution >= 0.6 is 11.3 Å². The van der Waals surface area contributed by atoms with Crippen LogP contribution in [-0.4, -0.2) is 17.9 Å². The standard InChI is InChI=1S/C18H16FN3OS/c1-22(11-13-7-9-14(19)10-8-13)18-21-16(12-24-18)17(23)20-15-5-3-2-4-6-15/h2-10,12H,11H2,1H3,(H,20,23). The molecule has 0 spiro atoms. The summed E-state index contributed by atoms with van der Waals surface area (Å²) in [5.41, 5.74) is 2.09. The third-order valence-electron chi connectivity index (χ3n) is 3.42. The van der Waals surface area contributed by atoms with E-state index < -0.39 is 0 Å². The second-order valence-electron chi connectivity index (χ2n) is 5.32. The van der Waals surface area contributed by atoms with Crippen molar-refractivity contribution in [2.45, 2.75) is 6.54 Å². The molecule has 2 aromatic carbocycles. The lowest BCUT2D eigenvalue weighted by Gasteiger charge is -2.15. The maximum atomic E-state index is 12.9. The zero-order chi connectivity index (χ0) is 16.9. The largest absolute Gasteiger partial charge is 0.347 e. The fourth-order valence-corrected chi connectivity index (χ4v) is 2.96. The van der Waals surface area contributed by atoms with E-state index in [1.807, 2.05) is 42.3 Å². The molecule has 0 fully saturated rings. The van der Waals surface area contributed by atoms with E-state index >= 15 is 0 Å². The third-order valence-corrected chi connectivity index (χ3v) is 4.37. The summed E-state index contributed by atoms with van der Waals surface area (Å²) in [6, 6.07) is 15.6. The molecule has 0 aliphatic carbocycles. The summed E-state index contributed by atoms with van der Waals surface area (Å²) in [7, 11) is 1.89. The molecule has 3 rings (SSSR count). The van der Waals surface area contributed by atoms with Crippen LogP contribution < -0.4 is 10.2 Å². The smallest absolute Gasteiger partial charge is 0.275 e. The Morgan fingerprint density at radius 1 is 1.17 bits per heavy atom. The molecule has 24 heavy (non-hydrogen) atoms. The molecule has 3 aromatic rings. The molecule has 0 aliphatic rings. The Bertz CT molecular complexity index is 818. The molecule has 1 heterocycles. The zero-order valence-electron chi connectivity index (χ0n) is 13.1. The highest BCUT2D eigenvalue weighted by Crippen LogP contribution is 2.22. The van der Waals surface area contributed by atoms with Crippen LogP contribution in [0.4, 0.5) is 15.2 Å². The van der Waals surface area contributed by atoms with Gasteiger partial charge in [0.15, 0.2) is 5.13 Å². The van der Waals surface area contributed by atoms with Crippen LogP contribution in [0.1, 0.15) is 16.1 Å². The van der Waals surface area contributed by atoms with Crippen LogP contribution in [0.25, 0.3) is 0 Å². The summed E-state index contributed by atoms with van der Waals surface area (Å²) in [5.74, 6) is -0.491. The van der Waals surface area contributed by atoms with Crippen molar-refractivity contribution < 1.29 is 9.18 Å². The number of nitrogens with zero attached hydrogens (tertiary/aromatic N) is 2. The van der Waals surface area contributed by atoms with Crippen LogP contribution in [0.2, 0.25) is 0 Å². The molecular formula is C18H16FN3OS. The lowest BCUT2D eigenvalue weighted by atomic mass is 10.2. The molecular weight excluding hydrogens is 325 g/mol. The number of anilines is 2. The minimum absolute atomic E-state index is 0.237. The van der Waals surface area contributed by atoms with Gasteiger partial charge in [0, 0.05) is 24.7 Å². The van der Waals surface area contributed by atoms with Gasteiger partial charge in [-0.15, -0.1) is 11.3 Å². The molecule has 0 atom stereocenters. The molecule has 0 bridgehead atoms. The van der Waals surface area contributed by atoms with Crippen molar-refractivity contribution in [2.75, 3.05) is 17.3 Å². The Balaban J connectivity index is 1.66. The molecule has 1 aromatic heterocycles. The lowest BCUT2D eigenvalue weighted by molar-refractivity contribution is 0.102. The number of amides is 1. The van der Waals surface area contributed by atoms with Gasteiger partial charge in [-0.25, -0.2) is 9.37 Å². The number of aromatic nitrogens is 1. The zero-order valence-corrected chi connectivity index (χ0v) is 13.9. The fourth-order valence-electron chi connectivity index (χ4n) is 2.19. The Kier molecular flexibility index (Phi) is 4.86. The topological polar surface area (TPSA) is 45.2 Å². The first-order valence-electron chi connectivity index (χ1n) is 7.39. The number of para-hydroxylation sites is 1. The number of carbonyl (C=O) groups excluding carboxylic acids is 1. The van der Waals surface area contributed by atoms with Gasteiger partial charge in [-0.1, -0.05) is 30.3 Å². The second kappa shape index (κ2) is 7.23. The molecule has 6 heteroatoms. The highest BCUT2D eigenvalue weighted by Gasteiger charge is 2.13. The maximum absolute atomic E-state index is 12.9. The summed E-state index contributed by atoms with van der Waals surface area (Å²) >= 11 is 1.40. The lowest BCUT2D eigenvalue weighted by Crippen LogP contribution is -2.17. The molecule has 0 saturated carbocycles. The summed E-state index contributed by atoms with van der Waals surface area (Å²) in [5, 5.41) is 5.28. The third kappa shape index (κ3) is 3.97. The Hall–Kier alpha value is -2.73. The van der Waals surface area contributed by atoms with Gasteiger partial charge in [-0.05, 0) is 29.8 Å². The van der Waals surface area contributed by atoms with Gasteiger partial charge < -0.3 is 10.2 Å². The van der Waals surface area contributed by atoms with Crippen molar-refractivity contribution >= 4 is 28.1 Å². The number of nitrogens with one attached hydrogen (secondary N) is 1. The summed E-state index contributed by atoms with van der Waals surface area (Å²) in [4.78, 5) is 18.5. The van der Waals surface area contributed by atoms with Gasteiger partial charge in [0.1, 0.15) is 11.5 Å². The average Bonchev–Trinajstić information content (AvgIpc) is 3.08. The van der Waals surface area contributed by atoms with Gasteiger partial charge in [-0.2, -0.15) is 0 Å².